The van der Waals surface area contributed by atoms with Crippen molar-refractivity contribution in [1.29, 1.82) is 0 Å². The normalized spacial score (nSPS) is 30.2. The summed E-state index contributed by atoms with van der Waals surface area (Å²) in [5.74, 6) is -0.916. The van der Waals surface area contributed by atoms with Crippen LogP contribution in [0.5, 0.6) is 0 Å². The fourth-order valence-electron chi connectivity index (χ4n) is 3.66. The van der Waals surface area contributed by atoms with E-state index >= 15 is 0 Å². The van der Waals surface area contributed by atoms with Crippen molar-refractivity contribution in [1.82, 2.24) is 15.7 Å². The summed E-state index contributed by atoms with van der Waals surface area (Å²) in [5, 5.41) is 5.43. The molecule has 2 saturated heterocycles. The van der Waals surface area contributed by atoms with Crippen LogP contribution in [-0.4, -0.2) is 28.9 Å². The van der Waals surface area contributed by atoms with Gasteiger partial charge in [-0.3, -0.25) is 14.9 Å². The van der Waals surface area contributed by atoms with Crippen LogP contribution in [0, 0.1) is 11.8 Å². The lowest BCUT2D eigenvalue weighted by Crippen LogP contribution is -2.59. The van der Waals surface area contributed by atoms with E-state index in [9.17, 15) is 9.59 Å². The summed E-state index contributed by atoms with van der Waals surface area (Å²) in [7, 11) is 0. The Balaban J connectivity index is 1.64. The molecule has 0 radical (unpaired) electrons. The van der Waals surface area contributed by atoms with E-state index in [0.29, 0.717) is 5.13 Å². The van der Waals surface area contributed by atoms with Gasteiger partial charge in [-0.15, -0.1) is 0 Å². The average Bonchev–Trinajstić information content (AvgIpc) is 3.12. The highest BCUT2D eigenvalue weighted by Crippen LogP contribution is 2.34. The fraction of sp³-hybridized carbons (Fsp3) is 0.471. The highest BCUT2D eigenvalue weighted by molar-refractivity contribution is 7.22. The maximum Gasteiger partial charge on any atom is 0.257 e. The Morgan fingerprint density at radius 2 is 2.08 bits per heavy atom. The van der Waals surface area contributed by atoms with Crippen molar-refractivity contribution < 1.29 is 9.59 Å². The van der Waals surface area contributed by atoms with E-state index in [1.165, 1.54) is 16.3 Å². The Labute approximate surface area is 144 Å². The van der Waals surface area contributed by atoms with E-state index < -0.39 is 5.92 Å². The number of para-hydroxylation sites is 1. The second kappa shape index (κ2) is 5.91. The van der Waals surface area contributed by atoms with Gasteiger partial charge in [0.15, 0.2) is 5.78 Å². The zero-order valence-corrected chi connectivity index (χ0v) is 14.5. The molecular formula is C17H20N4O2S. The molecule has 24 heavy (non-hydrogen) atoms. The number of anilines is 1. The zero-order chi connectivity index (χ0) is 16.8. The molecule has 2 aromatic rings. The molecule has 4 atom stereocenters. The molecule has 0 spiro atoms. The number of hydrogen-bond acceptors (Lipinski definition) is 6. The van der Waals surface area contributed by atoms with Crippen LogP contribution in [0.2, 0.25) is 0 Å². The number of aromatic nitrogens is 1. The van der Waals surface area contributed by atoms with Gasteiger partial charge in [0.1, 0.15) is 5.92 Å². The number of hydrazine groups is 1. The minimum absolute atomic E-state index is 0.0502. The second-order valence-electron chi connectivity index (χ2n) is 6.48. The Hall–Kier alpha value is -1.83. The number of fused-ring (bicyclic) bond motifs is 2. The predicted molar refractivity (Wildman–Crippen MR) is 93.5 cm³/mol. The van der Waals surface area contributed by atoms with Gasteiger partial charge in [-0.05, 0) is 25.5 Å². The third-order valence-corrected chi connectivity index (χ3v) is 5.90. The summed E-state index contributed by atoms with van der Waals surface area (Å²) < 4.78 is 1.02. The number of hydrogen-bond donors (Lipinski definition) is 2. The highest BCUT2D eigenvalue weighted by atomic mass is 32.1. The van der Waals surface area contributed by atoms with Crippen LogP contribution < -0.4 is 15.8 Å². The number of amides is 1. The van der Waals surface area contributed by atoms with Crippen molar-refractivity contribution in [2.24, 2.45) is 11.8 Å². The summed E-state index contributed by atoms with van der Waals surface area (Å²) in [4.78, 5) is 30.2. The Morgan fingerprint density at radius 3 is 2.83 bits per heavy atom. The number of benzene rings is 1. The first kappa shape index (κ1) is 15.7. The highest BCUT2D eigenvalue weighted by Gasteiger charge is 2.52. The van der Waals surface area contributed by atoms with Crippen LogP contribution in [0.4, 0.5) is 5.13 Å². The number of nitrogens with one attached hydrogen (secondary N) is 2. The van der Waals surface area contributed by atoms with Gasteiger partial charge in [0.05, 0.1) is 16.4 Å². The van der Waals surface area contributed by atoms with Crippen molar-refractivity contribution in [2.75, 3.05) is 5.01 Å². The molecule has 4 unspecified atom stereocenters. The molecule has 3 heterocycles. The third-order valence-electron chi connectivity index (χ3n) is 4.88. The van der Waals surface area contributed by atoms with Crippen molar-refractivity contribution in [2.45, 2.75) is 38.9 Å². The molecule has 0 saturated carbocycles. The summed E-state index contributed by atoms with van der Waals surface area (Å²) in [5.41, 5.74) is 4.00. The van der Waals surface area contributed by atoms with E-state index in [1.54, 1.807) is 0 Å². The van der Waals surface area contributed by atoms with Gasteiger partial charge in [0, 0.05) is 12.0 Å². The molecule has 2 fully saturated rings. The molecule has 7 heteroatoms. The molecule has 1 aromatic heterocycles. The molecule has 0 aliphatic carbocycles. The topological polar surface area (TPSA) is 74.3 Å². The van der Waals surface area contributed by atoms with E-state index in [0.717, 1.165) is 23.1 Å². The largest absolute Gasteiger partial charge is 0.298 e. The lowest BCUT2D eigenvalue weighted by molar-refractivity contribution is -0.137. The van der Waals surface area contributed by atoms with Crippen LogP contribution >= 0.6 is 11.3 Å². The average molecular weight is 344 g/mol. The van der Waals surface area contributed by atoms with Crippen LogP contribution in [0.15, 0.2) is 24.3 Å². The van der Waals surface area contributed by atoms with Gasteiger partial charge in [-0.1, -0.05) is 36.8 Å². The molecular weight excluding hydrogens is 324 g/mol. The summed E-state index contributed by atoms with van der Waals surface area (Å²) in [6.45, 7) is 4.08. The third kappa shape index (κ3) is 2.35. The minimum atomic E-state index is -0.662. The van der Waals surface area contributed by atoms with Crippen LogP contribution in [0.1, 0.15) is 26.7 Å². The monoisotopic (exact) mass is 344 g/mol. The van der Waals surface area contributed by atoms with E-state index in [-0.39, 0.29) is 29.8 Å². The van der Waals surface area contributed by atoms with Crippen LogP contribution in [0.3, 0.4) is 0 Å². The number of nitrogens with zero attached hydrogens (tertiary/aromatic N) is 2. The maximum absolute atomic E-state index is 12.9. The standard InChI is InChI=1S/C17H20N4O2S/c1-3-6-10-9(2)18-15-13(14(10)22)16(23)21(20-15)17-19-11-7-4-5-8-12(11)24-17/h4-5,7-10,13,15,18,20H,3,6H2,1-2H3. The van der Waals surface area contributed by atoms with E-state index in [1.807, 2.05) is 31.2 Å². The molecule has 2 aliphatic heterocycles. The molecule has 0 bridgehead atoms. The van der Waals surface area contributed by atoms with Crippen molar-refractivity contribution >= 4 is 38.4 Å². The number of carbonyl (C=O) groups is 2. The van der Waals surface area contributed by atoms with Crippen molar-refractivity contribution in [3.63, 3.8) is 0 Å². The molecule has 1 aromatic carbocycles. The van der Waals surface area contributed by atoms with E-state index in [2.05, 4.69) is 22.7 Å². The second-order valence-corrected chi connectivity index (χ2v) is 7.48. The number of Topliss-reactive ketones (excluding diaryl/α,β-unsaturated/α-hetero) is 1. The minimum Gasteiger partial charge on any atom is -0.298 e. The summed E-state index contributed by atoms with van der Waals surface area (Å²) in [6.07, 6.45) is 1.40. The Kier molecular flexibility index (Phi) is 3.86. The Morgan fingerprint density at radius 1 is 1.29 bits per heavy atom. The van der Waals surface area contributed by atoms with Crippen LogP contribution in [0.25, 0.3) is 10.2 Å². The van der Waals surface area contributed by atoms with Gasteiger partial charge >= 0.3 is 0 Å². The fourth-order valence-corrected chi connectivity index (χ4v) is 4.60. The number of rotatable bonds is 3. The van der Waals surface area contributed by atoms with E-state index in [4.69, 9.17) is 0 Å². The van der Waals surface area contributed by atoms with Gasteiger partial charge < -0.3 is 0 Å². The first-order valence-corrected chi connectivity index (χ1v) is 9.17. The maximum atomic E-state index is 12.9. The first-order chi connectivity index (χ1) is 11.6. The molecule has 2 aliphatic rings. The van der Waals surface area contributed by atoms with Crippen molar-refractivity contribution in [3.05, 3.63) is 24.3 Å². The number of carbonyl (C=O) groups excluding carboxylic acids is 2. The predicted octanol–water partition coefficient (Wildman–Crippen LogP) is 2.07. The zero-order valence-electron chi connectivity index (χ0n) is 13.7. The number of piperidine rings is 1. The number of ketones is 1. The van der Waals surface area contributed by atoms with Gasteiger partial charge in [0.2, 0.25) is 5.13 Å². The summed E-state index contributed by atoms with van der Waals surface area (Å²) in [6, 6.07) is 7.84. The van der Waals surface area contributed by atoms with Gasteiger partial charge in [-0.25, -0.2) is 15.4 Å². The lowest BCUT2D eigenvalue weighted by Gasteiger charge is -2.34. The van der Waals surface area contributed by atoms with Crippen molar-refractivity contribution in [3.8, 4) is 0 Å². The molecule has 2 N–H and O–H groups in total. The summed E-state index contributed by atoms with van der Waals surface area (Å²) >= 11 is 1.45. The molecule has 4 rings (SSSR count). The Bertz CT molecular complexity index is 772. The lowest BCUT2D eigenvalue weighted by atomic mass is 9.80. The SMILES string of the molecule is CCCC1C(=O)C2C(=O)N(c3nc4ccccc4s3)NC2NC1C. The number of thiazole rings is 1. The quantitative estimate of drug-likeness (QED) is 0.834. The molecule has 1 amide bonds. The molecule has 126 valence electrons. The molecule has 6 nitrogen and oxygen atoms in total. The van der Waals surface area contributed by atoms with Crippen LogP contribution in [-0.2, 0) is 9.59 Å². The van der Waals surface area contributed by atoms with Gasteiger partial charge in [0.25, 0.3) is 5.91 Å². The smallest absolute Gasteiger partial charge is 0.257 e. The van der Waals surface area contributed by atoms with Gasteiger partial charge in [-0.2, -0.15) is 0 Å². The first-order valence-electron chi connectivity index (χ1n) is 8.35.